The Morgan fingerprint density at radius 2 is 1.61 bits per heavy atom. The van der Waals surface area contributed by atoms with Crippen molar-refractivity contribution < 1.29 is 4.74 Å². The Hall–Kier alpha value is -2.16. The molecule has 0 heterocycles. The van der Waals surface area contributed by atoms with Crippen LogP contribution in [-0.2, 0) is 0 Å². The lowest BCUT2D eigenvalue weighted by Crippen LogP contribution is -1.98. The number of hydrogen-bond donors (Lipinski definition) is 2. The molecule has 0 bridgehead atoms. The van der Waals surface area contributed by atoms with Crippen LogP contribution in [0.1, 0.15) is 11.1 Å². The van der Waals surface area contributed by atoms with Crippen LogP contribution in [-0.4, -0.2) is 7.11 Å². The maximum Gasteiger partial charge on any atom is 0.119 e. The fraction of sp³-hybridized carbons (Fsp3) is 0.200. The van der Waals surface area contributed by atoms with E-state index >= 15 is 0 Å². The van der Waals surface area contributed by atoms with Crippen LogP contribution in [0.5, 0.6) is 5.75 Å². The lowest BCUT2D eigenvalue weighted by Gasteiger charge is -2.12. The van der Waals surface area contributed by atoms with Gasteiger partial charge in [-0.25, -0.2) is 0 Å². The van der Waals surface area contributed by atoms with Crippen LogP contribution in [0, 0.1) is 13.8 Å². The summed E-state index contributed by atoms with van der Waals surface area (Å²) in [4.78, 5) is 0. The number of nitrogens with one attached hydrogen (secondary N) is 1. The Morgan fingerprint density at radius 3 is 2.22 bits per heavy atom. The first-order valence-corrected chi connectivity index (χ1v) is 5.88. The minimum absolute atomic E-state index is 0.758. The van der Waals surface area contributed by atoms with Gasteiger partial charge in [-0.2, -0.15) is 0 Å². The van der Waals surface area contributed by atoms with Crippen LogP contribution >= 0.6 is 0 Å². The molecule has 0 saturated heterocycles. The second-order valence-electron chi connectivity index (χ2n) is 4.38. The third-order valence-electron chi connectivity index (χ3n) is 3.03. The molecule has 0 saturated carbocycles. The summed E-state index contributed by atoms with van der Waals surface area (Å²) in [5, 5.41) is 3.31. The van der Waals surface area contributed by atoms with Crippen molar-refractivity contribution in [2.24, 2.45) is 0 Å². The number of ether oxygens (including phenoxy) is 1. The van der Waals surface area contributed by atoms with Crippen molar-refractivity contribution in [3.05, 3.63) is 47.5 Å². The second-order valence-corrected chi connectivity index (χ2v) is 4.38. The molecule has 2 aromatic carbocycles. The molecule has 0 amide bonds. The summed E-state index contributed by atoms with van der Waals surface area (Å²) in [6.45, 7) is 4.14. The van der Waals surface area contributed by atoms with E-state index in [-0.39, 0.29) is 0 Å². The van der Waals surface area contributed by atoms with Gasteiger partial charge in [0.1, 0.15) is 5.75 Å². The molecule has 94 valence electrons. The average molecular weight is 242 g/mol. The molecule has 3 N–H and O–H groups in total. The van der Waals surface area contributed by atoms with Gasteiger partial charge in [0.2, 0.25) is 0 Å². The molecule has 0 aliphatic heterocycles. The van der Waals surface area contributed by atoms with Crippen LogP contribution in [0.4, 0.5) is 17.1 Å². The predicted molar refractivity (Wildman–Crippen MR) is 76.6 cm³/mol. The van der Waals surface area contributed by atoms with E-state index in [9.17, 15) is 0 Å². The van der Waals surface area contributed by atoms with Crippen molar-refractivity contribution in [3.63, 3.8) is 0 Å². The highest BCUT2D eigenvalue weighted by Gasteiger charge is 2.03. The largest absolute Gasteiger partial charge is 0.497 e. The van der Waals surface area contributed by atoms with E-state index < -0.39 is 0 Å². The maximum absolute atomic E-state index is 6.01. The van der Waals surface area contributed by atoms with Gasteiger partial charge in [0, 0.05) is 5.69 Å². The molecule has 3 nitrogen and oxygen atoms in total. The standard InChI is InChI=1S/C15H18N2O/c1-10-8-14(16)15(9-11(10)2)17-12-4-6-13(18-3)7-5-12/h4-9,17H,16H2,1-3H3. The van der Waals surface area contributed by atoms with Crippen molar-refractivity contribution in [1.82, 2.24) is 0 Å². The van der Waals surface area contributed by atoms with Gasteiger partial charge >= 0.3 is 0 Å². The zero-order valence-corrected chi connectivity index (χ0v) is 10.9. The van der Waals surface area contributed by atoms with E-state index in [2.05, 4.69) is 25.2 Å². The van der Waals surface area contributed by atoms with E-state index in [0.29, 0.717) is 0 Å². The van der Waals surface area contributed by atoms with E-state index in [4.69, 9.17) is 10.5 Å². The van der Waals surface area contributed by atoms with Crippen LogP contribution in [0.2, 0.25) is 0 Å². The van der Waals surface area contributed by atoms with Gasteiger partial charge in [-0.05, 0) is 61.4 Å². The van der Waals surface area contributed by atoms with Crippen molar-refractivity contribution in [2.45, 2.75) is 13.8 Å². The van der Waals surface area contributed by atoms with Gasteiger partial charge in [-0.1, -0.05) is 0 Å². The first kappa shape index (κ1) is 12.3. The van der Waals surface area contributed by atoms with E-state index in [0.717, 1.165) is 22.8 Å². The quantitative estimate of drug-likeness (QED) is 0.808. The third-order valence-corrected chi connectivity index (χ3v) is 3.03. The van der Waals surface area contributed by atoms with Crippen molar-refractivity contribution in [1.29, 1.82) is 0 Å². The number of anilines is 3. The Labute approximate surface area is 108 Å². The highest BCUT2D eigenvalue weighted by Crippen LogP contribution is 2.27. The van der Waals surface area contributed by atoms with Crippen molar-refractivity contribution >= 4 is 17.1 Å². The predicted octanol–water partition coefficient (Wildman–Crippen LogP) is 3.64. The summed E-state index contributed by atoms with van der Waals surface area (Å²) in [6, 6.07) is 11.8. The van der Waals surface area contributed by atoms with Crippen molar-refractivity contribution in [3.8, 4) is 5.75 Å². The van der Waals surface area contributed by atoms with E-state index in [1.807, 2.05) is 30.3 Å². The molecule has 0 aliphatic carbocycles. The van der Waals surface area contributed by atoms with Gasteiger partial charge in [-0.15, -0.1) is 0 Å². The molecule has 0 fully saturated rings. The van der Waals surface area contributed by atoms with Gasteiger partial charge < -0.3 is 15.8 Å². The number of aryl methyl sites for hydroxylation is 2. The molecule has 0 aliphatic rings. The molecule has 0 unspecified atom stereocenters. The number of hydrogen-bond acceptors (Lipinski definition) is 3. The Kier molecular flexibility index (Phi) is 3.42. The lowest BCUT2D eigenvalue weighted by molar-refractivity contribution is 0.415. The Balaban J connectivity index is 2.25. The Bertz CT molecular complexity index is 547. The molecule has 0 spiro atoms. The van der Waals surface area contributed by atoms with Crippen LogP contribution in [0.3, 0.4) is 0 Å². The molecule has 0 aromatic heterocycles. The number of nitrogen functional groups attached to an aromatic ring is 1. The topological polar surface area (TPSA) is 47.3 Å². The molecular weight excluding hydrogens is 224 g/mol. The summed E-state index contributed by atoms with van der Waals surface area (Å²) >= 11 is 0. The fourth-order valence-corrected chi connectivity index (χ4v) is 1.78. The Morgan fingerprint density at radius 1 is 1.00 bits per heavy atom. The second kappa shape index (κ2) is 5.00. The molecular formula is C15H18N2O. The van der Waals surface area contributed by atoms with Gasteiger partial charge in [-0.3, -0.25) is 0 Å². The van der Waals surface area contributed by atoms with Crippen LogP contribution < -0.4 is 15.8 Å². The number of rotatable bonds is 3. The number of benzene rings is 2. The van der Waals surface area contributed by atoms with Crippen molar-refractivity contribution in [2.75, 3.05) is 18.2 Å². The van der Waals surface area contributed by atoms with Crippen LogP contribution in [0.25, 0.3) is 0 Å². The normalized spacial score (nSPS) is 10.2. The molecule has 2 aromatic rings. The number of methoxy groups -OCH3 is 1. The smallest absolute Gasteiger partial charge is 0.119 e. The van der Waals surface area contributed by atoms with Gasteiger partial charge in [0.05, 0.1) is 18.5 Å². The summed E-state index contributed by atoms with van der Waals surface area (Å²) < 4.78 is 5.13. The van der Waals surface area contributed by atoms with Gasteiger partial charge in [0.15, 0.2) is 0 Å². The highest BCUT2D eigenvalue weighted by molar-refractivity contribution is 5.74. The first-order valence-electron chi connectivity index (χ1n) is 5.88. The van der Waals surface area contributed by atoms with E-state index in [1.54, 1.807) is 7.11 Å². The van der Waals surface area contributed by atoms with Gasteiger partial charge in [0.25, 0.3) is 0 Å². The zero-order valence-electron chi connectivity index (χ0n) is 10.9. The summed E-state index contributed by atoms with van der Waals surface area (Å²) in [7, 11) is 1.66. The minimum Gasteiger partial charge on any atom is -0.497 e. The number of nitrogens with two attached hydrogens (primary N) is 1. The summed E-state index contributed by atoms with van der Waals surface area (Å²) in [5.41, 5.74) is 11.1. The molecule has 18 heavy (non-hydrogen) atoms. The summed E-state index contributed by atoms with van der Waals surface area (Å²) in [5.74, 6) is 0.841. The monoisotopic (exact) mass is 242 g/mol. The zero-order chi connectivity index (χ0) is 13.1. The maximum atomic E-state index is 6.01. The SMILES string of the molecule is COc1ccc(Nc2cc(C)c(C)cc2N)cc1. The molecule has 0 radical (unpaired) electrons. The molecule has 0 atom stereocenters. The highest BCUT2D eigenvalue weighted by atomic mass is 16.5. The minimum atomic E-state index is 0.758. The fourth-order valence-electron chi connectivity index (χ4n) is 1.78. The average Bonchev–Trinajstić information content (AvgIpc) is 2.37. The first-order chi connectivity index (χ1) is 8.60. The lowest BCUT2D eigenvalue weighted by atomic mass is 10.1. The third kappa shape index (κ3) is 2.56. The summed E-state index contributed by atoms with van der Waals surface area (Å²) in [6.07, 6.45) is 0. The van der Waals surface area contributed by atoms with Crippen LogP contribution in [0.15, 0.2) is 36.4 Å². The molecule has 2 rings (SSSR count). The van der Waals surface area contributed by atoms with E-state index in [1.165, 1.54) is 11.1 Å². The molecule has 3 heteroatoms.